The first kappa shape index (κ1) is 20.2. The Morgan fingerprint density at radius 1 is 1.12 bits per heavy atom. The molecule has 0 aromatic heterocycles. The van der Waals surface area contributed by atoms with E-state index in [-0.39, 0.29) is 12.1 Å². The number of ether oxygens (including phenoxy) is 1. The van der Waals surface area contributed by atoms with E-state index in [1.165, 1.54) is 58.3 Å². The Hall–Kier alpha value is -1.09. The first-order valence-electron chi connectivity index (χ1n) is 10.4. The lowest BCUT2D eigenvalue weighted by molar-refractivity contribution is -0.155. The minimum absolute atomic E-state index is 0.0526. The summed E-state index contributed by atoms with van der Waals surface area (Å²) in [4.78, 5) is 14.0. The normalized spacial score (nSPS) is 30.7. The molecule has 2 rings (SSSR count). The number of allylic oxidation sites excluding steroid dienone is 3. The molecule has 2 fully saturated rings. The quantitative estimate of drug-likeness (QED) is 0.334. The summed E-state index contributed by atoms with van der Waals surface area (Å²) in [5, 5.41) is 0. The summed E-state index contributed by atoms with van der Waals surface area (Å²) in [6.07, 6.45) is 21.6. The Balaban J connectivity index is 1.87. The fraction of sp³-hybridized carbons (Fsp3) is 0.773. The van der Waals surface area contributed by atoms with E-state index >= 15 is 0 Å². The SMILES string of the molecule is CCCCCC/C=C\C=C\[C@@H]1CCC[C@H]2CC[C@@H](OC(C)=O)[C@H](C)N21. The van der Waals surface area contributed by atoms with Gasteiger partial charge in [-0.1, -0.05) is 56.9 Å². The second-order valence-corrected chi connectivity index (χ2v) is 7.73. The van der Waals surface area contributed by atoms with Gasteiger partial charge in [0.1, 0.15) is 6.10 Å². The van der Waals surface area contributed by atoms with Gasteiger partial charge in [0.2, 0.25) is 0 Å². The first-order valence-corrected chi connectivity index (χ1v) is 10.4. The maximum Gasteiger partial charge on any atom is 0.302 e. The van der Waals surface area contributed by atoms with Gasteiger partial charge in [-0.15, -0.1) is 0 Å². The Morgan fingerprint density at radius 3 is 2.72 bits per heavy atom. The van der Waals surface area contributed by atoms with Crippen LogP contribution in [0.3, 0.4) is 0 Å². The van der Waals surface area contributed by atoms with Crippen molar-refractivity contribution in [3.63, 3.8) is 0 Å². The third-order valence-corrected chi connectivity index (χ3v) is 5.76. The van der Waals surface area contributed by atoms with Crippen molar-refractivity contribution in [2.75, 3.05) is 0 Å². The molecule has 0 N–H and O–H groups in total. The number of unbranched alkanes of at least 4 members (excludes halogenated alkanes) is 4. The number of esters is 1. The maximum absolute atomic E-state index is 11.4. The van der Waals surface area contributed by atoms with E-state index in [1.54, 1.807) is 0 Å². The molecule has 0 saturated carbocycles. The monoisotopic (exact) mass is 347 g/mol. The summed E-state index contributed by atoms with van der Waals surface area (Å²) in [6.45, 7) is 6.01. The molecule has 0 aromatic rings. The van der Waals surface area contributed by atoms with Crippen molar-refractivity contribution in [3.8, 4) is 0 Å². The first-order chi connectivity index (χ1) is 12.1. The number of nitrogens with zero attached hydrogens (tertiary/aromatic N) is 1. The number of carbonyl (C=O) groups excluding carboxylic acids is 1. The van der Waals surface area contributed by atoms with Crippen LogP contribution in [0.5, 0.6) is 0 Å². The Kier molecular flexibility index (Phi) is 8.74. The molecule has 2 aliphatic heterocycles. The van der Waals surface area contributed by atoms with Crippen LogP contribution in [0.25, 0.3) is 0 Å². The maximum atomic E-state index is 11.4. The van der Waals surface area contributed by atoms with Crippen LogP contribution in [0.2, 0.25) is 0 Å². The summed E-state index contributed by atoms with van der Waals surface area (Å²) in [5.74, 6) is -0.148. The van der Waals surface area contributed by atoms with Crippen LogP contribution >= 0.6 is 0 Å². The van der Waals surface area contributed by atoms with Gasteiger partial charge in [-0.2, -0.15) is 0 Å². The summed E-state index contributed by atoms with van der Waals surface area (Å²) in [5.41, 5.74) is 0. The highest BCUT2D eigenvalue weighted by molar-refractivity contribution is 5.66. The number of carbonyl (C=O) groups is 1. The molecule has 0 spiro atoms. The third kappa shape index (κ3) is 6.29. The van der Waals surface area contributed by atoms with Crippen LogP contribution in [0, 0.1) is 0 Å². The number of piperidine rings is 2. The molecule has 0 unspecified atom stereocenters. The van der Waals surface area contributed by atoms with Gasteiger partial charge < -0.3 is 4.74 Å². The van der Waals surface area contributed by atoms with Gasteiger partial charge >= 0.3 is 5.97 Å². The molecule has 0 aliphatic carbocycles. The highest BCUT2D eigenvalue weighted by Gasteiger charge is 2.40. The minimum atomic E-state index is -0.148. The van der Waals surface area contributed by atoms with Gasteiger partial charge in [-0.3, -0.25) is 9.69 Å². The van der Waals surface area contributed by atoms with Gasteiger partial charge in [0.05, 0.1) is 0 Å². The predicted molar refractivity (Wildman–Crippen MR) is 105 cm³/mol. The van der Waals surface area contributed by atoms with E-state index in [2.05, 4.69) is 43.1 Å². The summed E-state index contributed by atoms with van der Waals surface area (Å²) in [6, 6.07) is 1.45. The Bertz CT molecular complexity index is 457. The average molecular weight is 348 g/mol. The number of rotatable bonds is 8. The Labute approximate surface area is 154 Å². The standard InChI is InChI=1S/C22H37NO2/c1-4-5-6-7-8-9-10-11-13-20-14-12-15-21-16-17-22(25-19(3)24)18(2)23(20)21/h9-11,13,18,20-22H,4-8,12,14-17H2,1-3H3/b10-9-,13-11+/t18-,20+,21-,22+/m0/s1. The number of hydrogen-bond donors (Lipinski definition) is 0. The lowest BCUT2D eigenvalue weighted by Crippen LogP contribution is -2.58. The molecule has 0 bridgehead atoms. The van der Waals surface area contributed by atoms with Crippen LogP contribution in [-0.4, -0.2) is 35.1 Å². The second kappa shape index (κ2) is 10.8. The molecule has 2 heterocycles. The highest BCUT2D eigenvalue weighted by atomic mass is 16.5. The van der Waals surface area contributed by atoms with Gasteiger partial charge in [0, 0.05) is 25.0 Å². The van der Waals surface area contributed by atoms with Crippen molar-refractivity contribution in [3.05, 3.63) is 24.3 Å². The molecule has 25 heavy (non-hydrogen) atoms. The van der Waals surface area contributed by atoms with Crippen LogP contribution in [0.1, 0.15) is 85.0 Å². The molecule has 2 aliphatic rings. The van der Waals surface area contributed by atoms with Crippen molar-refractivity contribution in [1.82, 2.24) is 4.90 Å². The van der Waals surface area contributed by atoms with Crippen molar-refractivity contribution in [2.45, 2.75) is 109 Å². The summed E-state index contributed by atoms with van der Waals surface area (Å²) < 4.78 is 5.57. The zero-order chi connectivity index (χ0) is 18.1. The summed E-state index contributed by atoms with van der Waals surface area (Å²) >= 11 is 0. The highest BCUT2D eigenvalue weighted by Crippen LogP contribution is 2.35. The topological polar surface area (TPSA) is 29.5 Å². The van der Waals surface area contributed by atoms with Crippen LogP contribution in [0.4, 0.5) is 0 Å². The van der Waals surface area contributed by atoms with Crippen molar-refractivity contribution >= 4 is 5.97 Å². The molecule has 3 heteroatoms. The van der Waals surface area contributed by atoms with E-state index in [1.807, 2.05) is 0 Å². The van der Waals surface area contributed by atoms with Gasteiger partial charge in [0.25, 0.3) is 0 Å². The zero-order valence-electron chi connectivity index (χ0n) is 16.5. The molecular weight excluding hydrogens is 310 g/mol. The molecule has 142 valence electrons. The van der Waals surface area contributed by atoms with E-state index in [0.29, 0.717) is 18.1 Å². The second-order valence-electron chi connectivity index (χ2n) is 7.73. The molecule has 0 amide bonds. The van der Waals surface area contributed by atoms with Crippen LogP contribution in [0.15, 0.2) is 24.3 Å². The Morgan fingerprint density at radius 2 is 1.96 bits per heavy atom. The lowest BCUT2D eigenvalue weighted by atomic mass is 9.84. The van der Waals surface area contributed by atoms with Gasteiger partial charge in [-0.05, 0) is 45.4 Å². The molecular formula is C22H37NO2. The number of hydrogen-bond acceptors (Lipinski definition) is 3. The zero-order valence-corrected chi connectivity index (χ0v) is 16.5. The van der Waals surface area contributed by atoms with Crippen molar-refractivity contribution in [1.29, 1.82) is 0 Å². The average Bonchev–Trinajstić information content (AvgIpc) is 2.59. The fourth-order valence-electron chi connectivity index (χ4n) is 4.47. The van der Waals surface area contributed by atoms with E-state index in [9.17, 15) is 4.79 Å². The smallest absolute Gasteiger partial charge is 0.302 e. The third-order valence-electron chi connectivity index (χ3n) is 5.76. The van der Waals surface area contributed by atoms with E-state index in [0.717, 1.165) is 12.8 Å². The largest absolute Gasteiger partial charge is 0.461 e. The number of fused-ring (bicyclic) bond motifs is 1. The lowest BCUT2D eigenvalue weighted by Gasteiger charge is -2.50. The van der Waals surface area contributed by atoms with E-state index < -0.39 is 0 Å². The van der Waals surface area contributed by atoms with Crippen LogP contribution < -0.4 is 0 Å². The minimum Gasteiger partial charge on any atom is -0.461 e. The molecule has 3 nitrogen and oxygen atoms in total. The fourth-order valence-corrected chi connectivity index (χ4v) is 4.47. The predicted octanol–water partition coefficient (Wildman–Crippen LogP) is 5.41. The molecule has 0 radical (unpaired) electrons. The summed E-state index contributed by atoms with van der Waals surface area (Å²) in [7, 11) is 0. The van der Waals surface area contributed by atoms with Crippen molar-refractivity contribution in [2.24, 2.45) is 0 Å². The van der Waals surface area contributed by atoms with Crippen molar-refractivity contribution < 1.29 is 9.53 Å². The van der Waals surface area contributed by atoms with Crippen LogP contribution in [-0.2, 0) is 9.53 Å². The molecule has 2 saturated heterocycles. The van der Waals surface area contributed by atoms with Gasteiger partial charge in [0.15, 0.2) is 0 Å². The molecule has 0 aromatic carbocycles. The molecule has 4 atom stereocenters. The van der Waals surface area contributed by atoms with E-state index in [4.69, 9.17) is 4.74 Å². The van der Waals surface area contributed by atoms with Gasteiger partial charge in [-0.25, -0.2) is 0 Å².